The van der Waals surface area contributed by atoms with Gasteiger partial charge in [0.15, 0.2) is 5.78 Å². The quantitative estimate of drug-likeness (QED) is 0.371. The number of non-ortho nitro benzene ring substituents is 1. The number of carbonyl (C=O) groups excluding carboxylic acids is 1. The third kappa shape index (κ3) is 4.16. The van der Waals surface area contributed by atoms with Gasteiger partial charge in [0.1, 0.15) is 0 Å². The van der Waals surface area contributed by atoms with Gasteiger partial charge in [-0.25, -0.2) is 8.42 Å². The molecule has 28 heavy (non-hydrogen) atoms. The van der Waals surface area contributed by atoms with Crippen molar-refractivity contribution in [1.29, 1.82) is 0 Å². The number of hydrogen-bond acceptors (Lipinski definition) is 6. The van der Waals surface area contributed by atoms with Gasteiger partial charge in [0.2, 0.25) is 0 Å². The van der Waals surface area contributed by atoms with E-state index in [1.165, 1.54) is 42.7 Å². The lowest BCUT2D eigenvalue weighted by atomic mass is 10.0. The van der Waals surface area contributed by atoms with Crippen LogP contribution in [0.2, 0.25) is 5.02 Å². The van der Waals surface area contributed by atoms with E-state index < -0.39 is 20.7 Å². The van der Waals surface area contributed by atoms with Gasteiger partial charge in [-0.1, -0.05) is 11.6 Å². The Morgan fingerprint density at radius 3 is 2.29 bits per heavy atom. The molecule has 10 heteroatoms. The summed E-state index contributed by atoms with van der Waals surface area (Å²) in [4.78, 5) is 26.5. The highest BCUT2D eigenvalue weighted by atomic mass is 35.5. The average molecular weight is 418 g/mol. The molecule has 0 saturated carbocycles. The SMILES string of the molecule is O=C(c1ccncc1)c1cc(Cl)ccc1NS(=O)(=O)c1ccc([N+](=O)[O-])cc1. The Bertz CT molecular complexity index is 1150. The first kappa shape index (κ1) is 19.5. The number of sulfonamides is 1. The van der Waals surface area contributed by atoms with Crippen molar-refractivity contribution in [2.24, 2.45) is 0 Å². The number of aromatic nitrogens is 1. The maximum atomic E-state index is 12.8. The lowest BCUT2D eigenvalue weighted by Crippen LogP contribution is -2.16. The summed E-state index contributed by atoms with van der Waals surface area (Å²) < 4.78 is 27.6. The molecular formula is C18H12ClN3O5S. The van der Waals surface area contributed by atoms with Crippen molar-refractivity contribution in [2.45, 2.75) is 4.90 Å². The number of anilines is 1. The highest BCUT2D eigenvalue weighted by Gasteiger charge is 2.21. The fraction of sp³-hybridized carbons (Fsp3) is 0. The number of rotatable bonds is 6. The molecule has 3 aromatic rings. The molecule has 0 radical (unpaired) electrons. The molecule has 0 saturated heterocycles. The van der Waals surface area contributed by atoms with E-state index in [1.807, 2.05) is 0 Å². The van der Waals surface area contributed by atoms with Crippen molar-refractivity contribution >= 4 is 38.8 Å². The van der Waals surface area contributed by atoms with Crippen molar-refractivity contribution in [3.8, 4) is 0 Å². The lowest BCUT2D eigenvalue weighted by Gasteiger charge is -2.12. The molecule has 8 nitrogen and oxygen atoms in total. The van der Waals surface area contributed by atoms with Crippen molar-refractivity contribution in [2.75, 3.05) is 4.72 Å². The molecule has 142 valence electrons. The summed E-state index contributed by atoms with van der Waals surface area (Å²) in [5.74, 6) is -0.439. The van der Waals surface area contributed by atoms with Crippen LogP contribution in [0.4, 0.5) is 11.4 Å². The van der Waals surface area contributed by atoms with Crippen molar-refractivity contribution in [1.82, 2.24) is 4.98 Å². The zero-order valence-corrected chi connectivity index (χ0v) is 15.6. The van der Waals surface area contributed by atoms with E-state index in [9.17, 15) is 23.3 Å². The number of ketones is 1. The Kier molecular flexibility index (Phi) is 5.39. The standard InChI is InChI=1S/C18H12ClN3O5S/c19-13-1-6-17(16(11-13)18(23)12-7-9-20-10-8-12)21-28(26,27)15-4-2-14(3-5-15)22(24)25/h1-11,21H. The number of nitro groups is 1. The van der Waals surface area contributed by atoms with Crippen LogP contribution in [0.1, 0.15) is 15.9 Å². The topological polar surface area (TPSA) is 119 Å². The van der Waals surface area contributed by atoms with Crippen LogP contribution >= 0.6 is 11.6 Å². The van der Waals surface area contributed by atoms with E-state index in [1.54, 1.807) is 0 Å². The van der Waals surface area contributed by atoms with Crippen molar-refractivity contribution < 1.29 is 18.1 Å². The molecule has 0 bridgehead atoms. The third-order valence-corrected chi connectivity index (χ3v) is 5.39. The number of pyridine rings is 1. The largest absolute Gasteiger partial charge is 0.289 e. The van der Waals surface area contributed by atoms with Gasteiger partial charge in [0, 0.05) is 40.7 Å². The Hall–Kier alpha value is -3.30. The van der Waals surface area contributed by atoms with Gasteiger partial charge >= 0.3 is 0 Å². The molecule has 1 heterocycles. The zero-order chi connectivity index (χ0) is 20.3. The van der Waals surface area contributed by atoms with E-state index in [0.717, 1.165) is 24.3 Å². The van der Waals surface area contributed by atoms with Crippen LogP contribution in [0.25, 0.3) is 0 Å². The van der Waals surface area contributed by atoms with E-state index in [-0.39, 0.29) is 26.9 Å². The van der Waals surface area contributed by atoms with E-state index in [4.69, 9.17) is 11.6 Å². The molecule has 0 atom stereocenters. The smallest absolute Gasteiger partial charge is 0.269 e. The van der Waals surface area contributed by atoms with Gasteiger partial charge in [-0.2, -0.15) is 0 Å². The van der Waals surface area contributed by atoms with E-state index in [0.29, 0.717) is 5.56 Å². The van der Waals surface area contributed by atoms with Crippen LogP contribution in [0.5, 0.6) is 0 Å². The summed E-state index contributed by atoms with van der Waals surface area (Å²) >= 11 is 5.98. The predicted molar refractivity (Wildman–Crippen MR) is 103 cm³/mol. The fourth-order valence-corrected chi connectivity index (χ4v) is 3.65. The van der Waals surface area contributed by atoms with Crippen LogP contribution in [-0.2, 0) is 10.0 Å². The molecule has 0 spiro atoms. The summed E-state index contributed by atoms with van der Waals surface area (Å²) in [6.07, 6.45) is 2.89. The second kappa shape index (κ2) is 7.75. The summed E-state index contributed by atoms with van der Waals surface area (Å²) in [5, 5.41) is 11.0. The number of nitro benzene ring substituents is 1. The molecular weight excluding hydrogens is 406 g/mol. The summed E-state index contributed by atoms with van der Waals surface area (Å²) in [6, 6.07) is 11.6. The maximum Gasteiger partial charge on any atom is 0.269 e. The molecule has 3 rings (SSSR count). The molecule has 0 aliphatic carbocycles. The van der Waals surface area contributed by atoms with Crippen molar-refractivity contribution in [3.63, 3.8) is 0 Å². The molecule has 2 aromatic carbocycles. The van der Waals surface area contributed by atoms with Gasteiger partial charge in [-0.05, 0) is 42.5 Å². The van der Waals surface area contributed by atoms with Gasteiger partial charge in [-0.15, -0.1) is 0 Å². The number of nitrogens with one attached hydrogen (secondary N) is 1. The second-order valence-electron chi connectivity index (χ2n) is 5.61. The first-order valence-corrected chi connectivity index (χ1v) is 9.65. The molecule has 0 aliphatic heterocycles. The number of halogens is 1. The first-order valence-electron chi connectivity index (χ1n) is 7.79. The summed E-state index contributed by atoms with van der Waals surface area (Å²) in [7, 11) is -4.09. The summed E-state index contributed by atoms with van der Waals surface area (Å²) in [6.45, 7) is 0. The number of nitrogens with zero attached hydrogens (tertiary/aromatic N) is 2. The Labute approximate surface area is 165 Å². The van der Waals surface area contributed by atoms with Crippen LogP contribution in [0, 0.1) is 10.1 Å². The number of carbonyl (C=O) groups is 1. The highest BCUT2D eigenvalue weighted by molar-refractivity contribution is 7.92. The minimum Gasteiger partial charge on any atom is -0.289 e. The molecule has 0 aliphatic rings. The Morgan fingerprint density at radius 2 is 1.68 bits per heavy atom. The Balaban J connectivity index is 1.98. The number of benzene rings is 2. The van der Waals surface area contributed by atoms with Crippen LogP contribution < -0.4 is 4.72 Å². The molecule has 1 aromatic heterocycles. The first-order chi connectivity index (χ1) is 13.3. The number of hydrogen-bond donors (Lipinski definition) is 1. The van der Waals surface area contributed by atoms with E-state index in [2.05, 4.69) is 9.71 Å². The normalized spacial score (nSPS) is 11.0. The van der Waals surface area contributed by atoms with Crippen LogP contribution in [0.15, 0.2) is 71.9 Å². The molecule has 0 amide bonds. The highest BCUT2D eigenvalue weighted by Crippen LogP contribution is 2.26. The van der Waals surface area contributed by atoms with Crippen molar-refractivity contribution in [3.05, 3.63) is 93.3 Å². The minimum atomic E-state index is -4.09. The van der Waals surface area contributed by atoms with Gasteiger partial charge in [0.25, 0.3) is 15.7 Å². The Morgan fingerprint density at radius 1 is 1.04 bits per heavy atom. The maximum absolute atomic E-state index is 12.8. The molecule has 0 unspecified atom stereocenters. The minimum absolute atomic E-state index is 0.0320. The monoisotopic (exact) mass is 417 g/mol. The summed E-state index contributed by atoms with van der Waals surface area (Å²) in [5.41, 5.74) is 0.167. The zero-order valence-electron chi connectivity index (χ0n) is 14.1. The fourth-order valence-electron chi connectivity index (χ4n) is 2.40. The van der Waals surface area contributed by atoms with Gasteiger partial charge < -0.3 is 0 Å². The van der Waals surface area contributed by atoms with Crippen LogP contribution in [0.3, 0.4) is 0 Å². The molecule has 1 N–H and O–H groups in total. The van der Waals surface area contributed by atoms with E-state index >= 15 is 0 Å². The van der Waals surface area contributed by atoms with Gasteiger partial charge in [0.05, 0.1) is 15.5 Å². The van der Waals surface area contributed by atoms with Crippen LogP contribution in [-0.4, -0.2) is 24.1 Å². The lowest BCUT2D eigenvalue weighted by molar-refractivity contribution is -0.384. The second-order valence-corrected chi connectivity index (χ2v) is 7.73. The third-order valence-electron chi connectivity index (χ3n) is 3.77. The molecule has 0 fully saturated rings. The average Bonchev–Trinajstić information content (AvgIpc) is 2.69. The predicted octanol–water partition coefficient (Wildman–Crippen LogP) is 3.68. The van der Waals surface area contributed by atoms with Gasteiger partial charge in [-0.3, -0.25) is 24.6 Å².